The van der Waals surface area contributed by atoms with Crippen molar-refractivity contribution >= 4 is 28.1 Å². The lowest BCUT2D eigenvalue weighted by Crippen LogP contribution is -2.16. The number of aromatic hydroxyl groups is 1. The Balaban J connectivity index is 2.35. The molecule has 0 spiro atoms. The van der Waals surface area contributed by atoms with E-state index < -0.39 is 0 Å². The van der Waals surface area contributed by atoms with Crippen molar-refractivity contribution in [3.05, 3.63) is 35.9 Å². The van der Waals surface area contributed by atoms with Crippen LogP contribution in [0, 0.1) is 0 Å². The van der Waals surface area contributed by atoms with Gasteiger partial charge in [0.25, 0.3) is 0 Å². The first-order valence-electron chi connectivity index (χ1n) is 5.79. The van der Waals surface area contributed by atoms with Gasteiger partial charge < -0.3 is 10.4 Å². The number of benzene rings is 2. The Kier molecular flexibility index (Phi) is 2.40. The predicted molar refractivity (Wildman–Crippen MR) is 72.2 cm³/mol. The first-order chi connectivity index (χ1) is 8.22. The highest BCUT2D eigenvalue weighted by atomic mass is 35.5. The summed E-state index contributed by atoms with van der Waals surface area (Å²) >= 11 is 6.07. The lowest BCUT2D eigenvalue weighted by Gasteiger charge is -2.13. The number of nitrogens with one attached hydrogen (secondary N) is 1. The van der Waals surface area contributed by atoms with Crippen molar-refractivity contribution in [1.29, 1.82) is 0 Å². The van der Waals surface area contributed by atoms with Gasteiger partial charge in [0.15, 0.2) is 0 Å². The number of anilines is 1. The molecule has 0 unspecified atom stereocenters. The molecule has 1 aliphatic heterocycles. The Bertz CT molecular complexity index is 582. The number of fused-ring (bicyclic) bond motifs is 3. The fourth-order valence-corrected chi connectivity index (χ4v) is 3.13. The molecule has 2 nitrogen and oxygen atoms in total. The Labute approximate surface area is 105 Å². The van der Waals surface area contributed by atoms with Crippen LogP contribution in [0.1, 0.15) is 18.4 Å². The molecular weight excluding hydrogens is 234 g/mol. The van der Waals surface area contributed by atoms with E-state index in [4.69, 9.17) is 11.6 Å². The van der Waals surface area contributed by atoms with Crippen LogP contribution in [0.3, 0.4) is 0 Å². The minimum Gasteiger partial charge on any atom is -0.507 e. The Morgan fingerprint density at radius 2 is 2.00 bits per heavy atom. The number of phenols is 1. The lowest BCUT2D eigenvalue weighted by molar-refractivity contribution is 0.482. The molecule has 2 aromatic carbocycles. The highest BCUT2D eigenvalue weighted by Crippen LogP contribution is 2.44. The van der Waals surface area contributed by atoms with Crippen LogP contribution in [0.4, 0.5) is 5.69 Å². The smallest absolute Gasteiger partial charge is 0.125 e. The van der Waals surface area contributed by atoms with E-state index >= 15 is 0 Å². The number of hydrogen-bond acceptors (Lipinski definition) is 2. The molecule has 17 heavy (non-hydrogen) atoms. The quantitative estimate of drug-likeness (QED) is 0.754. The molecule has 2 atom stereocenters. The molecule has 3 heteroatoms. The van der Waals surface area contributed by atoms with Gasteiger partial charge in [-0.3, -0.25) is 0 Å². The van der Waals surface area contributed by atoms with Gasteiger partial charge in [-0.05, 0) is 17.9 Å². The van der Waals surface area contributed by atoms with Crippen LogP contribution in [0.25, 0.3) is 10.8 Å². The Hall–Kier alpha value is -1.41. The average Bonchev–Trinajstić information content (AvgIpc) is 2.65. The molecule has 2 N–H and O–H groups in total. The SMILES string of the molecule is C[C@@H]1Nc2cc(O)c3ccccc3c2[C@@H]1CCl. The van der Waals surface area contributed by atoms with Crippen LogP contribution in [-0.2, 0) is 0 Å². The summed E-state index contributed by atoms with van der Waals surface area (Å²) in [5.41, 5.74) is 2.25. The molecule has 3 rings (SSSR count). The van der Waals surface area contributed by atoms with Crippen molar-refractivity contribution in [2.45, 2.75) is 18.9 Å². The minimum absolute atomic E-state index is 0.303. The predicted octanol–water partition coefficient (Wildman–Crippen LogP) is 3.68. The van der Waals surface area contributed by atoms with Crippen LogP contribution < -0.4 is 5.32 Å². The molecule has 0 aromatic heterocycles. The average molecular weight is 248 g/mol. The standard InChI is InChI=1S/C14H14ClNO/c1-8-11(7-15)14-10-5-3-2-4-9(10)13(17)6-12(14)16-8/h2-6,8,11,16-17H,7H2,1H3/t8-,11+/m0/s1. The maximum atomic E-state index is 10.0. The van der Waals surface area contributed by atoms with Crippen LogP contribution in [0.5, 0.6) is 5.75 Å². The second kappa shape index (κ2) is 3.81. The van der Waals surface area contributed by atoms with E-state index in [1.807, 2.05) is 24.3 Å². The summed E-state index contributed by atoms with van der Waals surface area (Å²) in [5.74, 6) is 1.22. The van der Waals surface area contributed by atoms with E-state index in [0.29, 0.717) is 23.6 Å². The van der Waals surface area contributed by atoms with E-state index in [-0.39, 0.29) is 0 Å². The van der Waals surface area contributed by atoms with Gasteiger partial charge in [-0.25, -0.2) is 0 Å². The van der Waals surface area contributed by atoms with Gasteiger partial charge in [-0.2, -0.15) is 0 Å². The third-order valence-corrected chi connectivity index (χ3v) is 3.92. The highest BCUT2D eigenvalue weighted by Gasteiger charge is 2.30. The summed E-state index contributed by atoms with van der Waals surface area (Å²) in [6.45, 7) is 2.12. The number of phenolic OH excluding ortho intramolecular Hbond substituents is 1. The zero-order valence-corrected chi connectivity index (χ0v) is 10.3. The molecule has 1 aliphatic rings. The normalized spacial score (nSPS) is 22.5. The van der Waals surface area contributed by atoms with Crippen LogP contribution in [-0.4, -0.2) is 17.0 Å². The summed E-state index contributed by atoms with van der Waals surface area (Å²) in [7, 11) is 0. The van der Waals surface area contributed by atoms with Crippen LogP contribution >= 0.6 is 11.6 Å². The molecule has 2 aromatic rings. The fraction of sp³-hybridized carbons (Fsp3) is 0.286. The molecule has 0 aliphatic carbocycles. The second-order valence-corrected chi connectivity index (χ2v) is 4.90. The largest absolute Gasteiger partial charge is 0.507 e. The maximum Gasteiger partial charge on any atom is 0.125 e. The van der Waals surface area contributed by atoms with Crippen molar-refractivity contribution in [3.63, 3.8) is 0 Å². The van der Waals surface area contributed by atoms with Crippen molar-refractivity contribution in [2.24, 2.45) is 0 Å². The third kappa shape index (κ3) is 1.48. The van der Waals surface area contributed by atoms with Gasteiger partial charge >= 0.3 is 0 Å². The van der Waals surface area contributed by atoms with E-state index in [0.717, 1.165) is 16.5 Å². The summed E-state index contributed by atoms with van der Waals surface area (Å²) in [5, 5.41) is 15.4. The van der Waals surface area contributed by atoms with Crippen LogP contribution in [0.2, 0.25) is 0 Å². The number of alkyl halides is 1. The lowest BCUT2D eigenvalue weighted by atomic mass is 9.92. The van der Waals surface area contributed by atoms with Gasteiger partial charge in [0, 0.05) is 35.0 Å². The third-order valence-electron chi connectivity index (χ3n) is 3.59. The summed E-state index contributed by atoms with van der Waals surface area (Å²) in [4.78, 5) is 0. The molecule has 0 fully saturated rings. The number of hydrogen-bond donors (Lipinski definition) is 2. The first-order valence-corrected chi connectivity index (χ1v) is 6.33. The van der Waals surface area contributed by atoms with Crippen LogP contribution in [0.15, 0.2) is 30.3 Å². The topological polar surface area (TPSA) is 32.3 Å². The monoisotopic (exact) mass is 247 g/mol. The van der Waals surface area contributed by atoms with Crippen molar-refractivity contribution in [3.8, 4) is 5.75 Å². The number of halogens is 1. The first kappa shape index (κ1) is 10.7. The van der Waals surface area contributed by atoms with E-state index in [1.54, 1.807) is 6.07 Å². The van der Waals surface area contributed by atoms with Crippen molar-refractivity contribution in [1.82, 2.24) is 0 Å². The zero-order valence-electron chi connectivity index (χ0n) is 9.57. The van der Waals surface area contributed by atoms with Crippen molar-refractivity contribution < 1.29 is 5.11 Å². The molecule has 0 bridgehead atoms. The Morgan fingerprint density at radius 1 is 1.29 bits per heavy atom. The molecule has 0 saturated heterocycles. The van der Waals surface area contributed by atoms with E-state index in [1.165, 1.54) is 5.56 Å². The van der Waals surface area contributed by atoms with E-state index in [9.17, 15) is 5.11 Å². The van der Waals surface area contributed by atoms with Gasteiger partial charge in [-0.15, -0.1) is 11.6 Å². The molecular formula is C14H14ClNO. The highest BCUT2D eigenvalue weighted by molar-refractivity contribution is 6.18. The Morgan fingerprint density at radius 3 is 2.71 bits per heavy atom. The van der Waals surface area contributed by atoms with Gasteiger partial charge in [0.1, 0.15) is 5.75 Å². The zero-order chi connectivity index (χ0) is 12.0. The van der Waals surface area contributed by atoms with E-state index in [2.05, 4.69) is 12.2 Å². The summed E-state index contributed by atoms with van der Waals surface area (Å²) < 4.78 is 0. The number of rotatable bonds is 1. The van der Waals surface area contributed by atoms with Gasteiger partial charge in [0.2, 0.25) is 0 Å². The minimum atomic E-state index is 0.303. The molecule has 0 radical (unpaired) electrons. The maximum absolute atomic E-state index is 10.0. The van der Waals surface area contributed by atoms with Gasteiger partial charge in [0.05, 0.1) is 0 Å². The fourth-order valence-electron chi connectivity index (χ4n) is 2.70. The van der Waals surface area contributed by atoms with Crippen molar-refractivity contribution in [2.75, 3.05) is 11.2 Å². The molecule has 0 amide bonds. The summed E-state index contributed by atoms with van der Waals surface area (Å²) in [6, 6.07) is 10.0. The second-order valence-electron chi connectivity index (χ2n) is 4.60. The molecule has 0 saturated carbocycles. The van der Waals surface area contributed by atoms with Gasteiger partial charge in [-0.1, -0.05) is 24.3 Å². The molecule has 1 heterocycles. The molecule has 88 valence electrons. The summed E-state index contributed by atoms with van der Waals surface area (Å²) in [6.07, 6.45) is 0.